The number of ether oxygens (including phenoxy) is 2. The molecule has 0 fully saturated rings. The average molecular weight is 389 g/mol. The Labute approximate surface area is 154 Å². The molecule has 0 bridgehead atoms. The summed E-state index contributed by atoms with van der Waals surface area (Å²) < 4.78 is 11.7. The van der Waals surface area contributed by atoms with Gasteiger partial charge >= 0.3 is 0 Å². The van der Waals surface area contributed by atoms with E-state index in [0.29, 0.717) is 38.9 Å². The molecule has 0 saturated heterocycles. The summed E-state index contributed by atoms with van der Waals surface area (Å²) in [5, 5.41) is 1.61. The Kier molecular flexibility index (Phi) is 7.57. The van der Waals surface area contributed by atoms with Crippen LogP contribution in [0.1, 0.15) is 12.8 Å². The van der Waals surface area contributed by atoms with Crippen LogP contribution in [-0.2, 0) is 0 Å². The van der Waals surface area contributed by atoms with E-state index in [-0.39, 0.29) is 0 Å². The van der Waals surface area contributed by atoms with E-state index in [1.165, 1.54) is 6.04 Å². The maximum absolute atomic E-state index is 6.15. The number of rotatable bonds is 8. The van der Waals surface area contributed by atoms with Crippen LogP contribution in [0.15, 0.2) is 36.4 Å². The number of unbranched alkanes of at least 4 members (excludes halogenated alkanes) is 1. The van der Waals surface area contributed by atoms with Crippen molar-refractivity contribution in [3.8, 4) is 17.2 Å². The molecule has 0 aromatic heterocycles. The summed E-state index contributed by atoms with van der Waals surface area (Å²) in [4.78, 5) is 0. The lowest BCUT2D eigenvalue weighted by Gasteiger charge is -2.14. The molecule has 0 aliphatic rings. The smallest absolute Gasteiger partial charge is 0.169 e. The fraction of sp³-hybridized carbons (Fsp3) is 0.294. The highest BCUT2D eigenvalue weighted by Gasteiger charge is 2.10. The third-order valence-electron chi connectivity index (χ3n) is 3.10. The van der Waals surface area contributed by atoms with Gasteiger partial charge in [0.1, 0.15) is 5.75 Å². The van der Waals surface area contributed by atoms with E-state index in [2.05, 4.69) is 6.55 Å². The van der Waals surface area contributed by atoms with Crippen LogP contribution < -0.4 is 9.47 Å². The van der Waals surface area contributed by atoms with E-state index in [1.54, 1.807) is 36.4 Å². The minimum atomic E-state index is 0.447. The minimum Gasteiger partial charge on any atom is -0.490 e. The van der Waals surface area contributed by atoms with Gasteiger partial charge in [-0.05, 0) is 36.8 Å². The first-order valence-electron chi connectivity index (χ1n) is 7.30. The average Bonchev–Trinajstić information content (AvgIpc) is 2.52. The highest BCUT2D eigenvalue weighted by atomic mass is 35.5. The third-order valence-corrected chi connectivity index (χ3v) is 4.72. The van der Waals surface area contributed by atoms with Gasteiger partial charge in [-0.15, -0.1) is 0 Å². The van der Waals surface area contributed by atoms with Gasteiger partial charge in [0, 0.05) is 25.6 Å². The summed E-state index contributed by atoms with van der Waals surface area (Å²) in [6.07, 6.45) is 2.17. The number of halogens is 3. The molecule has 2 aromatic rings. The molecule has 0 aliphatic carbocycles. The standard InChI is InChI=1S/C17H17Cl3O2Si/c1-23-9-3-2-8-21-17-11-13(19)5-7-16(17)22-15-6-4-12(18)10-14(15)20/h4-7,10-11H,2-3,8-9H2,1H3/i1+1. The van der Waals surface area contributed by atoms with Crippen molar-refractivity contribution < 1.29 is 9.47 Å². The van der Waals surface area contributed by atoms with Gasteiger partial charge < -0.3 is 9.47 Å². The number of benzene rings is 2. The predicted octanol–water partition coefficient (Wildman–Crippen LogP) is 6.77. The first-order chi connectivity index (χ1) is 11.1. The van der Waals surface area contributed by atoms with Crippen LogP contribution in [0.5, 0.6) is 17.2 Å². The Morgan fingerprint density at radius 2 is 1.57 bits per heavy atom. The number of hydrogen-bond donors (Lipinski definition) is 0. The quantitative estimate of drug-likeness (QED) is 0.282. The minimum absolute atomic E-state index is 0.447. The molecule has 2 rings (SSSR count). The van der Waals surface area contributed by atoms with Gasteiger partial charge in [-0.2, -0.15) is 0 Å². The Bertz CT molecular complexity index is 650. The van der Waals surface area contributed by atoms with Gasteiger partial charge in [0.25, 0.3) is 0 Å². The molecule has 122 valence electrons. The molecule has 0 amide bonds. The van der Waals surface area contributed by atoms with Gasteiger partial charge in [0.2, 0.25) is 0 Å². The Morgan fingerprint density at radius 1 is 0.870 bits per heavy atom. The van der Waals surface area contributed by atoms with E-state index >= 15 is 0 Å². The maximum atomic E-state index is 6.15. The molecule has 0 unspecified atom stereocenters. The summed E-state index contributed by atoms with van der Waals surface area (Å²) >= 11 is 18.1. The molecule has 2 nitrogen and oxygen atoms in total. The Morgan fingerprint density at radius 3 is 2.26 bits per heavy atom. The van der Waals surface area contributed by atoms with E-state index in [4.69, 9.17) is 44.3 Å². The maximum Gasteiger partial charge on any atom is 0.169 e. The van der Waals surface area contributed by atoms with Crippen LogP contribution in [0.4, 0.5) is 0 Å². The van der Waals surface area contributed by atoms with Crippen molar-refractivity contribution in [3.05, 3.63) is 51.5 Å². The van der Waals surface area contributed by atoms with E-state index in [9.17, 15) is 0 Å². The largest absolute Gasteiger partial charge is 0.490 e. The van der Waals surface area contributed by atoms with Gasteiger partial charge in [-0.3, -0.25) is 0 Å². The van der Waals surface area contributed by atoms with Crippen molar-refractivity contribution in [1.29, 1.82) is 0 Å². The highest BCUT2D eigenvalue weighted by molar-refractivity contribution is 6.35. The van der Waals surface area contributed by atoms with Crippen LogP contribution in [0.25, 0.3) is 0 Å². The first kappa shape index (κ1) is 18.5. The molecule has 0 aliphatic heterocycles. The third kappa shape index (κ3) is 5.92. The van der Waals surface area contributed by atoms with Crippen molar-refractivity contribution in [2.24, 2.45) is 0 Å². The van der Waals surface area contributed by atoms with E-state index in [1.807, 2.05) is 0 Å². The summed E-state index contributed by atoms with van der Waals surface area (Å²) in [6.45, 7) is 2.84. The second kappa shape index (κ2) is 9.43. The fourth-order valence-electron chi connectivity index (χ4n) is 1.94. The zero-order valence-electron chi connectivity index (χ0n) is 12.7. The van der Waals surface area contributed by atoms with Gasteiger partial charge in [0.15, 0.2) is 11.5 Å². The number of hydrogen-bond acceptors (Lipinski definition) is 2. The summed E-state index contributed by atoms with van der Waals surface area (Å²) in [5.41, 5.74) is 0. The van der Waals surface area contributed by atoms with Crippen molar-refractivity contribution in [1.82, 2.24) is 0 Å². The SMILES string of the molecule is [13CH3][Si]CCCCOc1cc(Cl)ccc1Oc1ccc(Cl)cc1Cl. The second-order valence-electron chi connectivity index (χ2n) is 4.93. The zero-order valence-corrected chi connectivity index (χ0v) is 16.0. The first-order valence-corrected chi connectivity index (χ1v) is 10.1. The van der Waals surface area contributed by atoms with Crippen LogP contribution in [0.3, 0.4) is 0 Å². The molecule has 23 heavy (non-hydrogen) atoms. The lowest BCUT2D eigenvalue weighted by molar-refractivity contribution is 0.295. The van der Waals surface area contributed by atoms with E-state index < -0.39 is 0 Å². The Balaban J connectivity index is 2.08. The molecule has 6 heteroatoms. The monoisotopic (exact) mass is 387 g/mol. The molecule has 0 saturated carbocycles. The molecule has 0 N–H and O–H groups in total. The van der Waals surface area contributed by atoms with Crippen LogP contribution >= 0.6 is 34.8 Å². The molecular weight excluding hydrogens is 372 g/mol. The molecular formula is C17H17Cl3O2Si. The molecule has 0 spiro atoms. The van der Waals surface area contributed by atoms with Gasteiger partial charge in [-0.1, -0.05) is 53.8 Å². The molecule has 0 atom stereocenters. The fourth-order valence-corrected chi connectivity index (χ4v) is 3.15. The van der Waals surface area contributed by atoms with Crippen molar-refractivity contribution in [2.45, 2.75) is 25.4 Å². The van der Waals surface area contributed by atoms with Crippen LogP contribution in [-0.4, -0.2) is 16.1 Å². The topological polar surface area (TPSA) is 18.5 Å². The lowest BCUT2D eigenvalue weighted by atomic mass is 10.3. The van der Waals surface area contributed by atoms with Gasteiger partial charge in [0.05, 0.1) is 11.6 Å². The van der Waals surface area contributed by atoms with Crippen molar-refractivity contribution in [2.75, 3.05) is 6.61 Å². The van der Waals surface area contributed by atoms with Crippen molar-refractivity contribution in [3.63, 3.8) is 0 Å². The van der Waals surface area contributed by atoms with Gasteiger partial charge in [-0.25, -0.2) is 0 Å². The molecule has 2 aromatic carbocycles. The van der Waals surface area contributed by atoms with E-state index in [0.717, 1.165) is 22.4 Å². The van der Waals surface area contributed by atoms with Crippen molar-refractivity contribution >= 4 is 44.3 Å². The lowest BCUT2D eigenvalue weighted by Crippen LogP contribution is -2.00. The normalized spacial score (nSPS) is 10.6. The van der Waals surface area contributed by atoms with Crippen LogP contribution in [0, 0.1) is 0 Å². The highest BCUT2D eigenvalue weighted by Crippen LogP contribution is 2.37. The summed E-state index contributed by atoms with van der Waals surface area (Å²) in [6, 6.07) is 11.6. The Hall–Kier alpha value is -0.873. The predicted molar refractivity (Wildman–Crippen MR) is 99.1 cm³/mol. The summed E-state index contributed by atoms with van der Waals surface area (Å²) in [7, 11) is 0.983. The van der Waals surface area contributed by atoms with Crippen LogP contribution in [0.2, 0.25) is 27.7 Å². The summed E-state index contributed by atoms with van der Waals surface area (Å²) in [5.74, 6) is 1.72. The molecule has 0 heterocycles. The molecule has 2 radical (unpaired) electrons. The zero-order chi connectivity index (χ0) is 16.7. The second-order valence-corrected chi connectivity index (χ2v) is 7.41.